The molecule has 0 spiro atoms. The number of nitrogens with one attached hydrogen (secondary N) is 1. The van der Waals surface area contributed by atoms with Crippen molar-refractivity contribution in [3.63, 3.8) is 0 Å². The first-order valence-electron chi connectivity index (χ1n) is 11.7. The molecule has 208 valence electrons. The van der Waals surface area contributed by atoms with E-state index in [0.717, 1.165) is 22.2 Å². The van der Waals surface area contributed by atoms with Crippen LogP contribution in [0.15, 0.2) is 70.5 Å². The first-order chi connectivity index (χ1) is 19.0. The zero-order valence-electron chi connectivity index (χ0n) is 21.1. The van der Waals surface area contributed by atoms with Gasteiger partial charge in [0.15, 0.2) is 11.5 Å². The molecule has 1 N–H and O–H groups in total. The zero-order chi connectivity index (χ0) is 29.0. The third-order valence-corrected chi connectivity index (χ3v) is 8.57. The Labute approximate surface area is 254 Å². The molecule has 3 aromatic rings. The lowest BCUT2D eigenvalue weighted by Gasteiger charge is -2.15. The number of benzene rings is 3. The van der Waals surface area contributed by atoms with Crippen molar-refractivity contribution in [1.29, 1.82) is 0 Å². The van der Waals surface area contributed by atoms with E-state index in [0.29, 0.717) is 19.8 Å². The van der Waals surface area contributed by atoms with E-state index >= 15 is 0 Å². The van der Waals surface area contributed by atoms with E-state index in [2.05, 4.69) is 5.32 Å². The Hall–Kier alpha value is -3.07. The van der Waals surface area contributed by atoms with E-state index in [1.165, 1.54) is 31.2 Å². The normalized spacial score (nSPS) is 14.5. The number of anilines is 1. The molecule has 1 aliphatic rings. The topological polar surface area (TPSA) is 119 Å². The highest BCUT2D eigenvalue weighted by atomic mass is 127. The van der Waals surface area contributed by atoms with Gasteiger partial charge < -0.3 is 14.2 Å². The van der Waals surface area contributed by atoms with Gasteiger partial charge in [0.2, 0.25) is 5.91 Å². The van der Waals surface area contributed by atoms with Gasteiger partial charge in [-0.15, -0.1) is 0 Å². The molecule has 1 heterocycles. The fraction of sp³-hybridized carbons (Fsp3) is 0.148. The highest BCUT2D eigenvalue weighted by Crippen LogP contribution is 2.39. The monoisotopic (exact) mass is 712 g/mol. The number of halogens is 2. The minimum atomic E-state index is -4.25. The van der Waals surface area contributed by atoms with Crippen LogP contribution < -0.4 is 14.2 Å². The van der Waals surface area contributed by atoms with Crippen molar-refractivity contribution < 1.29 is 31.7 Å². The molecule has 0 aliphatic carbocycles. The first kappa shape index (κ1) is 29.9. The van der Waals surface area contributed by atoms with Crippen LogP contribution in [-0.2, 0) is 26.3 Å². The van der Waals surface area contributed by atoms with Crippen molar-refractivity contribution in [3.05, 3.63) is 85.3 Å². The molecule has 0 radical (unpaired) electrons. The molecule has 40 heavy (non-hydrogen) atoms. The molecular weight excluding hydrogens is 691 g/mol. The number of amides is 3. The van der Waals surface area contributed by atoms with E-state index in [4.69, 9.17) is 20.5 Å². The molecule has 1 saturated heterocycles. The number of imide groups is 1. The van der Waals surface area contributed by atoms with Crippen LogP contribution in [0, 0.1) is 3.57 Å². The van der Waals surface area contributed by atoms with Gasteiger partial charge in [-0.3, -0.25) is 19.3 Å². The smallest absolute Gasteiger partial charge is 0.339 e. The third kappa shape index (κ3) is 7.16. The fourth-order valence-electron chi connectivity index (χ4n) is 3.69. The maximum atomic E-state index is 13.0. The van der Waals surface area contributed by atoms with Gasteiger partial charge in [-0.25, -0.2) is 0 Å². The number of ether oxygens (including phenoxy) is 1. The predicted molar refractivity (Wildman–Crippen MR) is 162 cm³/mol. The summed E-state index contributed by atoms with van der Waals surface area (Å²) in [6.45, 7) is 3.39. The SMILES string of the molecule is CCOc1cc(/C=C2\SC(=O)N(Cc3cccc(Cl)c3)C2=O)cc(I)c1OS(=O)(=O)c1ccc(NC(C)=O)cc1. The minimum Gasteiger partial charge on any atom is -0.490 e. The highest BCUT2D eigenvalue weighted by molar-refractivity contribution is 14.1. The lowest BCUT2D eigenvalue weighted by molar-refractivity contribution is -0.123. The summed E-state index contributed by atoms with van der Waals surface area (Å²) in [5, 5.41) is 2.66. The number of hydrogen-bond acceptors (Lipinski definition) is 8. The summed E-state index contributed by atoms with van der Waals surface area (Å²) in [7, 11) is -4.25. The zero-order valence-corrected chi connectivity index (χ0v) is 25.7. The second-order valence-electron chi connectivity index (χ2n) is 8.40. The number of carbonyl (C=O) groups is 3. The molecule has 1 aliphatic heterocycles. The van der Waals surface area contributed by atoms with Crippen LogP contribution in [-0.4, -0.2) is 37.0 Å². The van der Waals surface area contributed by atoms with Gasteiger partial charge in [0.05, 0.1) is 21.6 Å². The van der Waals surface area contributed by atoms with Gasteiger partial charge in [0, 0.05) is 17.6 Å². The summed E-state index contributed by atoms with van der Waals surface area (Å²) in [4.78, 5) is 38.1. The van der Waals surface area contributed by atoms with Gasteiger partial charge in [-0.2, -0.15) is 8.42 Å². The van der Waals surface area contributed by atoms with Crippen molar-refractivity contribution in [2.24, 2.45) is 0 Å². The van der Waals surface area contributed by atoms with Crippen LogP contribution in [0.1, 0.15) is 25.0 Å². The number of rotatable bonds is 9. The minimum absolute atomic E-state index is 0.0143. The van der Waals surface area contributed by atoms with E-state index in [9.17, 15) is 22.8 Å². The summed E-state index contributed by atoms with van der Waals surface area (Å²) in [6, 6.07) is 15.6. The fourth-order valence-corrected chi connectivity index (χ4v) is 6.58. The molecule has 0 bridgehead atoms. The van der Waals surface area contributed by atoms with Crippen LogP contribution in [0.5, 0.6) is 11.5 Å². The molecule has 0 unspecified atom stereocenters. The lowest BCUT2D eigenvalue weighted by atomic mass is 10.1. The summed E-state index contributed by atoms with van der Waals surface area (Å²) in [6.07, 6.45) is 1.55. The summed E-state index contributed by atoms with van der Waals surface area (Å²) in [5.74, 6) is -0.598. The molecule has 13 heteroatoms. The highest BCUT2D eigenvalue weighted by Gasteiger charge is 2.35. The number of carbonyl (C=O) groups excluding carboxylic acids is 3. The Kier molecular flexibility index (Phi) is 9.44. The quantitative estimate of drug-likeness (QED) is 0.156. The van der Waals surface area contributed by atoms with Crippen molar-refractivity contribution >= 4 is 84.9 Å². The second kappa shape index (κ2) is 12.6. The van der Waals surface area contributed by atoms with Gasteiger partial charge in [-0.05, 0) is 107 Å². The van der Waals surface area contributed by atoms with Crippen LogP contribution in [0.3, 0.4) is 0 Å². The number of thioether (sulfide) groups is 1. The first-order valence-corrected chi connectivity index (χ1v) is 15.4. The molecule has 3 aromatic carbocycles. The molecule has 1 fully saturated rings. The molecule has 0 aromatic heterocycles. The lowest BCUT2D eigenvalue weighted by Crippen LogP contribution is -2.27. The third-order valence-electron chi connectivity index (χ3n) is 5.39. The average molecular weight is 713 g/mol. The van der Waals surface area contributed by atoms with E-state index in [-0.39, 0.29) is 40.4 Å². The van der Waals surface area contributed by atoms with Crippen molar-refractivity contribution in [2.75, 3.05) is 11.9 Å². The van der Waals surface area contributed by atoms with Gasteiger partial charge in [-0.1, -0.05) is 23.7 Å². The molecule has 3 amide bonds. The Balaban J connectivity index is 1.59. The Bertz CT molecular complexity index is 1630. The van der Waals surface area contributed by atoms with E-state index in [1.54, 1.807) is 49.4 Å². The molecule has 0 saturated carbocycles. The van der Waals surface area contributed by atoms with Crippen LogP contribution >= 0.6 is 46.0 Å². The molecule has 0 atom stereocenters. The van der Waals surface area contributed by atoms with Gasteiger partial charge in [0.1, 0.15) is 4.90 Å². The maximum absolute atomic E-state index is 13.0. The summed E-state index contributed by atoms with van der Waals surface area (Å²) in [5.41, 5.74) is 1.68. The van der Waals surface area contributed by atoms with Crippen LogP contribution in [0.2, 0.25) is 5.02 Å². The predicted octanol–water partition coefficient (Wildman–Crippen LogP) is 6.31. The summed E-state index contributed by atoms with van der Waals surface area (Å²) >= 11 is 8.76. The standard InChI is InChI=1S/C27H22ClIN2O7S2/c1-3-37-23-13-18(14-24-26(33)31(27(34)39-24)15-17-5-4-6-19(28)11-17)12-22(29)25(23)38-40(35,36)21-9-7-20(8-10-21)30-16(2)32/h4-14H,3,15H2,1-2H3,(H,30,32)/b24-14-. The number of hydrogen-bond donors (Lipinski definition) is 1. The number of nitrogens with zero attached hydrogens (tertiary/aromatic N) is 1. The van der Waals surface area contributed by atoms with Crippen molar-refractivity contribution in [3.8, 4) is 11.5 Å². The second-order valence-corrected chi connectivity index (χ2v) is 12.5. The van der Waals surface area contributed by atoms with Crippen LogP contribution in [0.25, 0.3) is 6.08 Å². The Morgan fingerprint density at radius 1 is 1.12 bits per heavy atom. The summed E-state index contributed by atoms with van der Waals surface area (Å²) < 4.78 is 37.6. The Morgan fingerprint density at radius 3 is 2.50 bits per heavy atom. The largest absolute Gasteiger partial charge is 0.490 e. The average Bonchev–Trinajstić information content (AvgIpc) is 3.13. The van der Waals surface area contributed by atoms with Crippen LogP contribution in [0.4, 0.5) is 10.5 Å². The van der Waals surface area contributed by atoms with Crippen molar-refractivity contribution in [1.82, 2.24) is 4.90 Å². The molecule has 4 rings (SSSR count). The van der Waals surface area contributed by atoms with E-state index in [1.807, 2.05) is 22.6 Å². The van der Waals surface area contributed by atoms with Gasteiger partial charge in [0.25, 0.3) is 11.1 Å². The Morgan fingerprint density at radius 2 is 1.85 bits per heavy atom. The molecule has 9 nitrogen and oxygen atoms in total. The molecular formula is C27H22ClIN2O7S2. The van der Waals surface area contributed by atoms with E-state index < -0.39 is 21.3 Å². The van der Waals surface area contributed by atoms with Crippen molar-refractivity contribution in [2.45, 2.75) is 25.3 Å². The van der Waals surface area contributed by atoms with Gasteiger partial charge >= 0.3 is 10.1 Å². The maximum Gasteiger partial charge on any atom is 0.339 e.